The average molecular weight is 318 g/mol. The zero-order chi connectivity index (χ0) is 15.5. The van der Waals surface area contributed by atoms with Crippen molar-refractivity contribution in [2.45, 2.75) is 28.9 Å². The van der Waals surface area contributed by atoms with Gasteiger partial charge in [-0.15, -0.1) is 0 Å². The SMILES string of the molecule is COC(=O)C(C)C(C)S(=O)c1ccc(S(C)(=O)=O)cc1. The molecule has 0 aliphatic rings. The third-order valence-electron chi connectivity index (χ3n) is 3.10. The van der Waals surface area contributed by atoms with E-state index in [1.54, 1.807) is 13.8 Å². The molecule has 112 valence electrons. The van der Waals surface area contributed by atoms with Gasteiger partial charge in [0.1, 0.15) is 0 Å². The van der Waals surface area contributed by atoms with Gasteiger partial charge in [0.15, 0.2) is 9.84 Å². The van der Waals surface area contributed by atoms with Crippen molar-refractivity contribution in [1.29, 1.82) is 0 Å². The Morgan fingerprint density at radius 1 is 1.20 bits per heavy atom. The van der Waals surface area contributed by atoms with Crippen LogP contribution in [0.3, 0.4) is 0 Å². The van der Waals surface area contributed by atoms with Crippen molar-refractivity contribution in [2.75, 3.05) is 13.4 Å². The lowest BCUT2D eigenvalue weighted by Gasteiger charge is -2.17. The number of carbonyl (C=O) groups excluding carboxylic acids is 1. The molecule has 0 radical (unpaired) electrons. The molecule has 7 heteroatoms. The molecule has 3 atom stereocenters. The van der Waals surface area contributed by atoms with Gasteiger partial charge >= 0.3 is 5.97 Å². The molecular formula is C13H18O5S2. The molecule has 0 N–H and O–H groups in total. The van der Waals surface area contributed by atoms with Crippen molar-refractivity contribution in [3.8, 4) is 0 Å². The monoisotopic (exact) mass is 318 g/mol. The summed E-state index contributed by atoms with van der Waals surface area (Å²) in [5, 5.41) is -0.425. The summed E-state index contributed by atoms with van der Waals surface area (Å²) in [7, 11) is -3.40. The van der Waals surface area contributed by atoms with Gasteiger partial charge in [-0.3, -0.25) is 9.00 Å². The zero-order valence-corrected chi connectivity index (χ0v) is 13.5. The van der Waals surface area contributed by atoms with Gasteiger partial charge in [0.25, 0.3) is 0 Å². The molecule has 20 heavy (non-hydrogen) atoms. The highest BCUT2D eigenvalue weighted by molar-refractivity contribution is 7.90. The quantitative estimate of drug-likeness (QED) is 0.767. The van der Waals surface area contributed by atoms with E-state index in [0.29, 0.717) is 4.90 Å². The zero-order valence-electron chi connectivity index (χ0n) is 11.8. The van der Waals surface area contributed by atoms with E-state index in [2.05, 4.69) is 4.74 Å². The van der Waals surface area contributed by atoms with E-state index >= 15 is 0 Å². The number of carbonyl (C=O) groups is 1. The molecule has 0 amide bonds. The second kappa shape index (κ2) is 6.49. The van der Waals surface area contributed by atoms with Gasteiger partial charge in [0.2, 0.25) is 0 Å². The summed E-state index contributed by atoms with van der Waals surface area (Å²) in [4.78, 5) is 12.1. The fraction of sp³-hybridized carbons (Fsp3) is 0.462. The van der Waals surface area contributed by atoms with Gasteiger partial charge in [-0.05, 0) is 31.2 Å². The van der Waals surface area contributed by atoms with Gasteiger partial charge in [-0.25, -0.2) is 8.42 Å². The second-order valence-electron chi connectivity index (χ2n) is 4.56. The minimum atomic E-state index is -3.27. The van der Waals surface area contributed by atoms with Crippen molar-refractivity contribution < 1.29 is 22.2 Å². The average Bonchev–Trinajstić information content (AvgIpc) is 2.43. The normalized spacial score (nSPS) is 16.2. The molecule has 0 aliphatic carbocycles. The molecule has 1 rings (SSSR count). The summed E-state index contributed by atoms with van der Waals surface area (Å²) < 4.78 is 39.6. The van der Waals surface area contributed by atoms with Crippen LogP contribution in [0.5, 0.6) is 0 Å². The highest BCUT2D eigenvalue weighted by atomic mass is 32.2. The summed E-state index contributed by atoms with van der Waals surface area (Å²) in [5.74, 6) is -0.922. The maximum Gasteiger partial charge on any atom is 0.309 e. The molecule has 0 aliphatic heterocycles. The van der Waals surface area contributed by atoms with Gasteiger partial charge < -0.3 is 4.74 Å². The largest absolute Gasteiger partial charge is 0.469 e. The second-order valence-corrected chi connectivity index (χ2v) is 8.38. The lowest BCUT2D eigenvalue weighted by Crippen LogP contribution is -2.28. The van der Waals surface area contributed by atoms with Crippen LogP contribution in [0.25, 0.3) is 0 Å². The van der Waals surface area contributed by atoms with Crippen molar-refractivity contribution >= 4 is 26.6 Å². The number of sulfone groups is 1. The van der Waals surface area contributed by atoms with Crippen LogP contribution in [0, 0.1) is 5.92 Å². The Labute approximate surface area is 121 Å². The third kappa shape index (κ3) is 3.89. The standard InChI is InChI=1S/C13H18O5S2/c1-9(13(14)18-3)10(2)19(15)11-5-7-12(8-6-11)20(4,16)17/h5-10H,1-4H3. The predicted octanol–water partition coefficient (Wildman–Crippen LogP) is 1.40. The van der Waals surface area contributed by atoms with Crippen LogP contribution < -0.4 is 0 Å². The van der Waals surface area contributed by atoms with Crippen LogP contribution in [-0.2, 0) is 30.2 Å². The van der Waals surface area contributed by atoms with Gasteiger partial charge in [0.05, 0.1) is 28.7 Å². The lowest BCUT2D eigenvalue weighted by molar-refractivity contribution is -0.144. The van der Waals surface area contributed by atoms with Gasteiger partial charge in [-0.2, -0.15) is 0 Å². The first kappa shape index (κ1) is 16.8. The predicted molar refractivity (Wildman–Crippen MR) is 76.6 cm³/mol. The first-order valence-electron chi connectivity index (χ1n) is 5.97. The van der Waals surface area contributed by atoms with E-state index in [9.17, 15) is 17.4 Å². The molecule has 1 aromatic rings. The maximum atomic E-state index is 12.3. The van der Waals surface area contributed by atoms with Gasteiger partial charge in [-0.1, -0.05) is 6.92 Å². The summed E-state index contributed by atoms with van der Waals surface area (Å²) in [6.45, 7) is 3.35. The molecule has 1 aromatic carbocycles. The number of hydrogen-bond acceptors (Lipinski definition) is 5. The first-order chi connectivity index (χ1) is 9.18. The molecular weight excluding hydrogens is 300 g/mol. The number of rotatable bonds is 5. The summed E-state index contributed by atoms with van der Waals surface area (Å²) in [6, 6.07) is 5.84. The fourth-order valence-corrected chi connectivity index (χ4v) is 3.54. The molecule has 0 spiro atoms. The van der Waals surface area contributed by atoms with E-state index in [4.69, 9.17) is 0 Å². The van der Waals surface area contributed by atoms with E-state index in [1.807, 2.05) is 0 Å². The Kier molecular flexibility index (Phi) is 5.47. The Morgan fingerprint density at radius 2 is 1.70 bits per heavy atom. The topological polar surface area (TPSA) is 77.5 Å². The van der Waals surface area contributed by atoms with Crippen molar-refractivity contribution in [2.24, 2.45) is 5.92 Å². The number of benzene rings is 1. The Bertz CT molecular complexity index is 604. The Balaban J connectivity index is 2.96. The number of esters is 1. The summed E-state index contributed by atoms with van der Waals surface area (Å²) in [6.07, 6.45) is 1.11. The fourth-order valence-electron chi connectivity index (χ4n) is 1.60. The van der Waals surface area contributed by atoms with E-state index in [1.165, 1.54) is 31.4 Å². The Morgan fingerprint density at radius 3 is 2.10 bits per heavy atom. The number of ether oxygens (including phenoxy) is 1. The molecule has 5 nitrogen and oxygen atoms in total. The van der Waals surface area contributed by atoms with E-state index < -0.39 is 37.8 Å². The van der Waals surface area contributed by atoms with Crippen molar-refractivity contribution in [3.63, 3.8) is 0 Å². The lowest BCUT2D eigenvalue weighted by atomic mass is 10.1. The minimum absolute atomic E-state index is 0.173. The van der Waals surface area contributed by atoms with Crippen molar-refractivity contribution in [1.82, 2.24) is 0 Å². The maximum absolute atomic E-state index is 12.3. The smallest absolute Gasteiger partial charge is 0.309 e. The molecule has 0 fully saturated rings. The molecule has 0 bridgehead atoms. The van der Waals surface area contributed by atoms with Crippen LogP contribution >= 0.6 is 0 Å². The third-order valence-corrected chi connectivity index (χ3v) is 6.05. The van der Waals surface area contributed by atoms with E-state index in [0.717, 1.165) is 6.26 Å². The minimum Gasteiger partial charge on any atom is -0.469 e. The highest BCUT2D eigenvalue weighted by Gasteiger charge is 2.26. The van der Waals surface area contributed by atoms with Crippen LogP contribution in [0.1, 0.15) is 13.8 Å². The highest BCUT2D eigenvalue weighted by Crippen LogP contribution is 2.20. The molecule has 0 aromatic heterocycles. The number of methoxy groups -OCH3 is 1. The van der Waals surface area contributed by atoms with Crippen molar-refractivity contribution in [3.05, 3.63) is 24.3 Å². The number of hydrogen-bond donors (Lipinski definition) is 0. The summed E-state index contributed by atoms with van der Waals surface area (Å²) in [5.41, 5.74) is 0. The summed E-state index contributed by atoms with van der Waals surface area (Å²) >= 11 is 0. The molecule has 0 saturated carbocycles. The molecule has 3 unspecified atom stereocenters. The van der Waals surface area contributed by atoms with E-state index in [-0.39, 0.29) is 4.90 Å². The van der Waals surface area contributed by atoms with Crippen LogP contribution in [0.4, 0.5) is 0 Å². The molecule has 0 heterocycles. The Hall–Kier alpha value is -1.21. The first-order valence-corrected chi connectivity index (χ1v) is 9.07. The van der Waals surface area contributed by atoms with Crippen LogP contribution in [-0.4, -0.2) is 37.2 Å². The van der Waals surface area contributed by atoms with Gasteiger partial charge in [0, 0.05) is 16.4 Å². The van der Waals surface area contributed by atoms with Crippen LogP contribution in [0.15, 0.2) is 34.1 Å². The van der Waals surface area contributed by atoms with Crippen LogP contribution in [0.2, 0.25) is 0 Å². The molecule has 0 saturated heterocycles.